The lowest BCUT2D eigenvalue weighted by atomic mass is 9.90. The normalized spacial score (nSPS) is 11.2. The minimum atomic E-state index is 0.550. The van der Waals surface area contributed by atoms with Gasteiger partial charge in [0.15, 0.2) is 0 Å². The van der Waals surface area contributed by atoms with Gasteiger partial charge in [-0.2, -0.15) is 0 Å². The third-order valence-electron chi connectivity index (χ3n) is 4.01. The fourth-order valence-electron chi connectivity index (χ4n) is 2.61. The molecular weight excluding hydrogens is 254 g/mol. The van der Waals surface area contributed by atoms with E-state index in [0.717, 1.165) is 0 Å². The Balaban J connectivity index is 2.63. The van der Waals surface area contributed by atoms with E-state index in [1.54, 1.807) is 0 Å². The van der Waals surface area contributed by atoms with Crippen LogP contribution in [-0.4, -0.2) is 14.1 Å². The van der Waals surface area contributed by atoms with Gasteiger partial charge in [0, 0.05) is 25.3 Å². The predicted molar refractivity (Wildman–Crippen MR) is 94.4 cm³/mol. The average molecular weight is 281 g/mol. The molecule has 0 spiro atoms. The monoisotopic (exact) mass is 281 g/mol. The number of anilines is 1. The molecule has 0 aliphatic rings. The maximum atomic E-state index is 2.36. The van der Waals surface area contributed by atoms with E-state index in [0.29, 0.717) is 11.8 Å². The van der Waals surface area contributed by atoms with Crippen LogP contribution in [0.1, 0.15) is 50.7 Å². The number of rotatable bonds is 4. The van der Waals surface area contributed by atoms with Crippen LogP contribution in [0.25, 0.3) is 11.1 Å². The van der Waals surface area contributed by atoms with Crippen molar-refractivity contribution in [2.45, 2.75) is 39.5 Å². The van der Waals surface area contributed by atoms with Crippen LogP contribution < -0.4 is 4.90 Å². The van der Waals surface area contributed by atoms with E-state index in [1.165, 1.54) is 27.9 Å². The Labute approximate surface area is 129 Å². The second-order valence-electron chi connectivity index (χ2n) is 6.61. The van der Waals surface area contributed by atoms with Crippen molar-refractivity contribution in [3.63, 3.8) is 0 Å². The summed E-state index contributed by atoms with van der Waals surface area (Å²) in [7, 11) is 4.21. The van der Waals surface area contributed by atoms with Crippen LogP contribution >= 0.6 is 0 Å². The molecule has 0 radical (unpaired) electrons. The lowest BCUT2D eigenvalue weighted by Crippen LogP contribution is -2.10. The van der Waals surface area contributed by atoms with Gasteiger partial charge in [0.25, 0.3) is 0 Å². The van der Waals surface area contributed by atoms with Gasteiger partial charge in [0.2, 0.25) is 0 Å². The maximum absolute atomic E-state index is 2.36. The van der Waals surface area contributed by atoms with Gasteiger partial charge in [-0.1, -0.05) is 64.1 Å². The lowest BCUT2D eigenvalue weighted by molar-refractivity contribution is 0.834. The van der Waals surface area contributed by atoms with E-state index in [1.807, 2.05) is 0 Å². The molecule has 2 aromatic rings. The minimum absolute atomic E-state index is 0.550. The van der Waals surface area contributed by atoms with Gasteiger partial charge < -0.3 is 4.90 Å². The zero-order valence-electron chi connectivity index (χ0n) is 14.1. The van der Waals surface area contributed by atoms with E-state index in [4.69, 9.17) is 0 Å². The molecule has 0 aromatic heterocycles. The van der Waals surface area contributed by atoms with Crippen molar-refractivity contribution in [1.29, 1.82) is 0 Å². The highest BCUT2D eigenvalue weighted by atomic mass is 15.1. The van der Waals surface area contributed by atoms with Gasteiger partial charge in [-0.25, -0.2) is 0 Å². The van der Waals surface area contributed by atoms with Crippen LogP contribution in [0.3, 0.4) is 0 Å². The van der Waals surface area contributed by atoms with Crippen molar-refractivity contribution in [3.8, 4) is 11.1 Å². The summed E-state index contributed by atoms with van der Waals surface area (Å²) in [5.74, 6) is 1.10. The van der Waals surface area contributed by atoms with Crippen molar-refractivity contribution in [2.24, 2.45) is 0 Å². The van der Waals surface area contributed by atoms with Crippen LogP contribution in [0.5, 0.6) is 0 Å². The molecule has 0 bridgehead atoms. The van der Waals surface area contributed by atoms with E-state index in [2.05, 4.69) is 89.2 Å². The van der Waals surface area contributed by atoms with E-state index < -0.39 is 0 Å². The predicted octanol–water partition coefficient (Wildman–Crippen LogP) is 5.67. The Morgan fingerprint density at radius 3 is 1.76 bits per heavy atom. The summed E-state index contributed by atoms with van der Waals surface area (Å²) in [6, 6.07) is 15.7. The summed E-state index contributed by atoms with van der Waals surface area (Å²) in [6.07, 6.45) is 0. The molecule has 0 fully saturated rings. The summed E-state index contributed by atoms with van der Waals surface area (Å²) < 4.78 is 0. The number of hydrogen-bond donors (Lipinski definition) is 0. The number of nitrogens with zero attached hydrogens (tertiary/aromatic N) is 1. The molecule has 0 heterocycles. The average Bonchev–Trinajstić information content (AvgIpc) is 2.46. The van der Waals surface area contributed by atoms with E-state index in [9.17, 15) is 0 Å². The molecule has 0 atom stereocenters. The zero-order valence-corrected chi connectivity index (χ0v) is 14.1. The van der Waals surface area contributed by atoms with Gasteiger partial charge in [-0.05, 0) is 34.6 Å². The molecule has 0 N–H and O–H groups in total. The highest BCUT2D eigenvalue weighted by Gasteiger charge is 2.11. The molecule has 0 amide bonds. The van der Waals surface area contributed by atoms with Crippen molar-refractivity contribution in [1.82, 2.24) is 0 Å². The first-order chi connectivity index (χ1) is 9.90. The van der Waals surface area contributed by atoms with Crippen LogP contribution in [0.4, 0.5) is 5.69 Å². The fraction of sp³-hybridized carbons (Fsp3) is 0.400. The van der Waals surface area contributed by atoms with E-state index >= 15 is 0 Å². The van der Waals surface area contributed by atoms with Gasteiger partial charge in [0.05, 0.1) is 0 Å². The molecule has 0 aliphatic carbocycles. The topological polar surface area (TPSA) is 3.24 Å². The third kappa shape index (κ3) is 3.47. The van der Waals surface area contributed by atoms with Gasteiger partial charge in [-0.15, -0.1) is 0 Å². The molecule has 0 aliphatic heterocycles. The van der Waals surface area contributed by atoms with Crippen molar-refractivity contribution >= 4 is 5.69 Å². The second kappa shape index (κ2) is 6.34. The smallest absolute Gasteiger partial charge is 0.0440 e. The SMILES string of the molecule is CC(C)c1cc(-c2ccccc2N(C)C)cc(C(C)C)c1. The first kappa shape index (κ1) is 15.6. The van der Waals surface area contributed by atoms with E-state index in [-0.39, 0.29) is 0 Å². The van der Waals surface area contributed by atoms with Crippen LogP contribution in [0.2, 0.25) is 0 Å². The summed E-state index contributed by atoms with van der Waals surface area (Å²) >= 11 is 0. The van der Waals surface area contributed by atoms with Crippen LogP contribution in [0.15, 0.2) is 42.5 Å². The Kier molecular flexibility index (Phi) is 4.72. The minimum Gasteiger partial charge on any atom is -0.377 e. The number of benzene rings is 2. The largest absolute Gasteiger partial charge is 0.377 e. The molecule has 1 heteroatoms. The van der Waals surface area contributed by atoms with Gasteiger partial charge in [-0.3, -0.25) is 0 Å². The standard InChI is InChI=1S/C20H27N/c1-14(2)16-11-17(15(3)4)13-18(12-16)19-9-7-8-10-20(19)21(5)6/h7-15H,1-6H3. The van der Waals surface area contributed by atoms with Gasteiger partial charge in [0.1, 0.15) is 0 Å². The molecule has 2 rings (SSSR count). The van der Waals surface area contributed by atoms with Crippen molar-refractivity contribution in [3.05, 3.63) is 53.6 Å². The van der Waals surface area contributed by atoms with Crippen LogP contribution in [-0.2, 0) is 0 Å². The quantitative estimate of drug-likeness (QED) is 0.698. The van der Waals surface area contributed by atoms with Crippen molar-refractivity contribution < 1.29 is 0 Å². The number of hydrogen-bond acceptors (Lipinski definition) is 1. The van der Waals surface area contributed by atoms with Gasteiger partial charge >= 0.3 is 0 Å². The second-order valence-corrected chi connectivity index (χ2v) is 6.61. The van der Waals surface area contributed by atoms with Crippen LogP contribution in [0, 0.1) is 0 Å². The highest BCUT2D eigenvalue weighted by molar-refractivity contribution is 5.79. The maximum Gasteiger partial charge on any atom is 0.0440 e. The zero-order chi connectivity index (χ0) is 15.6. The molecule has 0 saturated carbocycles. The Hall–Kier alpha value is -1.76. The first-order valence-electron chi connectivity index (χ1n) is 7.81. The number of para-hydroxylation sites is 1. The fourth-order valence-corrected chi connectivity index (χ4v) is 2.61. The third-order valence-corrected chi connectivity index (χ3v) is 4.01. The highest BCUT2D eigenvalue weighted by Crippen LogP contribution is 2.34. The molecule has 1 nitrogen and oxygen atoms in total. The lowest BCUT2D eigenvalue weighted by Gasteiger charge is -2.20. The molecular formula is C20H27N. The molecule has 2 aromatic carbocycles. The van der Waals surface area contributed by atoms with Crippen molar-refractivity contribution in [2.75, 3.05) is 19.0 Å². The molecule has 0 saturated heterocycles. The Morgan fingerprint density at radius 1 is 0.762 bits per heavy atom. The first-order valence-corrected chi connectivity index (χ1v) is 7.81. The molecule has 0 unspecified atom stereocenters. The molecule has 21 heavy (non-hydrogen) atoms. The Morgan fingerprint density at radius 2 is 1.29 bits per heavy atom. The molecule has 112 valence electrons. The summed E-state index contributed by atoms with van der Waals surface area (Å²) in [6.45, 7) is 9.06. The summed E-state index contributed by atoms with van der Waals surface area (Å²) in [4.78, 5) is 2.19. The summed E-state index contributed by atoms with van der Waals surface area (Å²) in [5, 5.41) is 0. The summed E-state index contributed by atoms with van der Waals surface area (Å²) in [5.41, 5.74) is 6.75. The Bertz CT molecular complexity index is 583.